The fourth-order valence-electron chi connectivity index (χ4n) is 2.87. The first-order valence-corrected chi connectivity index (χ1v) is 9.05. The van der Waals surface area contributed by atoms with E-state index in [1.807, 2.05) is 11.3 Å². The molecule has 0 aliphatic carbocycles. The summed E-state index contributed by atoms with van der Waals surface area (Å²) in [4.78, 5) is 4.03. The van der Waals surface area contributed by atoms with Gasteiger partial charge in [-0.15, -0.1) is 11.3 Å². The molecule has 0 spiro atoms. The predicted octanol–water partition coefficient (Wildman–Crippen LogP) is 4.11. The van der Waals surface area contributed by atoms with Crippen molar-refractivity contribution in [1.29, 1.82) is 0 Å². The van der Waals surface area contributed by atoms with Gasteiger partial charge >= 0.3 is 0 Å². The molecule has 19 heavy (non-hydrogen) atoms. The van der Waals surface area contributed by atoms with Crippen LogP contribution >= 0.6 is 27.3 Å². The van der Waals surface area contributed by atoms with Crippen LogP contribution in [0.1, 0.15) is 38.0 Å². The van der Waals surface area contributed by atoms with Crippen LogP contribution in [0.25, 0.3) is 0 Å². The third-order valence-electron chi connectivity index (χ3n) is 4.10. The van der Waals surface area contributed by atoms with Gasteiger partial charge in [-0.25, -0.2) is 0 Å². The lowest BCUT2D eigenvalue weighted by molar-refractivity contribution is 0.162. The van der Waals surface area contributed by atoms with Gasteiger partial charge in [0.15, 0.2) is 0 Å². The first kappa shape index (κ1) is 15.5. The average molecular weight is 345 g/mol. The van der Waals surface area contributed by atoms with Crippen molar-refractivity contribution in [3.8, 4) is 0 Å². The number of hydrogen-bond acceptors (Lipinski definition) is 3. The Morgan fingerprint density at radius 3 is 2.79 bits per heavy atom. The number of likely N-dealkylation sites (tertiary alicyclic amines) is 1. The van der Waals surface area contributed by atoms with Crippen LogP contribution in [0.5, 0.6) is 0 Å². The number of thiophene rings is 1. The first-order chi connectivity index (χ1) is 9.19. The van der Waals surface area contributed by atoms with Gasteiger partial charge < -0.3 is 10.2 Å². The molecule has 1 N–H and O–H groups in total. The van der Waals surface area contributed by atoms with Crippen LogP contribution in [0.15, 0.2) is 15.9 Å². The fourth-order valence-corrected chi connectivity index (χ4v) is 4.27. The summed E-state index contributed by atoms with van der Waals surface area (Å²) in [5, 5.41) is 5.86. The van der Waals surface area contributed by atoms with Crippen molar-refractivity contribution in [2.75, 3.05) is 19.6 Å². The average Bonchev–Trinajstić information content (AvgIpc) is 2.83. The summed E-state index contributed by atoms with van der Waals surface area (Å²) in [6, 6.07) is 2.85. The Labute approximate surface area is 129 Å². The minimum Gasteiger partial charge on any atom is -0.309 e. The van der Waals surface area contributed by atoms with Crippen molar-refractivity contribution < 1.29 is 0 Å². The predicted molar refractivity (Wildman–Crippen MR) is 87.8 cm³/mol. The third-order valence-corrected chi connectivity index (χ3v) is 5.80. The molecule has 0 bridgehead atoms. The number of rotatable bonds is 6. The van der Waals surface area contributed by atoms with Gasteiger partial charge in [0, 0.05) is 27.3 Å². The highest BCUT2D eigenvalue weighted by Crippen LogP contribution is 2.23. The zero-order valence-electron chi connectivity index (χ0n) is 12.0. The number of hydrogen-bond donors (Lipinski definition) is 1. The molecule has 1 aromatic rings. The van der Waals surface area contributed by atoms with E-state index in [0.29, 0.717) is 6.04 Å². The third kappa shape index (κ3) is 4.85. The van der Waals surface area contributed by atoms with E-state index >= 15 is 0 Å². The molecule has 0 radical (unpaired) electrons. The molecule has 1 aliphatic heterocycles. The molecule has 1 fully saturated rings. The van der Waals surface area contributed by atoms with E-state index in [1.54, 1.807) is 0 Å². The van der Waals surface area contributed by atoms with Gasteiger partial charge in [-0.3, -0.25) is 0 Å². The van der Waals surface area contributed by atoms with Crippen molar-refractivity contribution in [3.05, 3.63) is 20.8 Å². The van der Waals surface area contributed by atoms with Crippen molar-refractivity contribution in [3.63, 3.8) is 0 Å². The second-order valence-electron chi connectivity index (χ2n) is 5.58. The smallest absolute Gasteiger partial charge is 0.0302 e. The zero-order chi connectivity index (χ0) is 13.7. The standard InChI is InChI=1S/C15H25BrN2S/c1-3-6-18-7-4-13(5-8-18)12(2)17-10-15-9-14(16)11-19-15/h9,11-13,17H,3-8,10H2,1-2H3. The molecule has 1 saturated heterocycles. The Bertz CT molecular complexity index is 372. The topological polar surface area (TPSA) is 15.3 Å². The summed E-state index contributed by atoms with van der Waals surface area (Å²) < 4.78 is 1.20. The largest absolute Gasteiger partial charge is 0.309 e. The van der Waals surface area contributed by atoms with Crippen molar-refractivity contribution in [1.82, 2.24) is 10.2 Å². The maximum atomic E-state index is 3.70. The van der Waals surface area contributed by atoms with Crippen LogP contribution < -0.4 is 5.32 Å². The molecule has 1 atom stereocenters. The molecule has 2 heterocycles. The summed E-state index contributed by atoms with van der Waals surface area (Å²) in [7, 11) is 0. The Morgan fingerprint density at radius 1 is 1.47 bits per heavy atom. The second-order valence-corrected chi connectivity index (χ2v) is 7.49. The molecule has 2 rings (SSSR count). The quantitative estimate of drug-likeness (QED) is 0.835. The molecule has 1 aliphatic rings. The molecule has 0 amide bonds. The van der Waals surface area contributed by atoms with Gasteiger partial charge in [-0.05, 0) is 73.7 Å². The molecule has 108 valence electrons. The van der Waals surface area contributed by atoms with Gasteiger partial charge in [0.2, 0.25) is 0 Å². The SMILES string of the molecule is CCCN1CCC(C(C)NCc2cc(Br)cs2)CC1. The molecule has 4 heteroatoms. The van der Waals surface area contributed by atoms with E-state index < -0.39 is 0 Å². The van der Waals surface area contributed by atoms with E-state index in [1.165, 1.54) is 48.2 Å². The number of piperidine rings is 1. The van der Waals surface area contributed by atoms with Gasteiger partial charge in [-0.1, -0.05) is 6.92 Å². The van der Waals surface area contributed by atoms with Crippen molar-refractivity contribution >= 4 is 27.3 Å². The molecule has 2 nitrogen and oxygen atoms in total. The Balaban J connectivity index is 1.70. The van der Waals surface area contributed by atoms with Crippen LogP contribution in [0.4, 0.5) is 0 Å². The second kappa shape index (κ2) is 7.77. The van der Waals surface area contributed by atoms with E-state index in [-0.39, 0.29) is 0 Å². The number of nitrogens with one attached hydrogen (secondary N) is 1. The minimum absolute atomic E-state index is 0.629. The Morgan fingerprint density at radius 2 is 2.21 bits per heavy atom. The van der Waals surface area contributed by atoms with Crippen molar-refractivity contribution in [2.45, 2.75) is 45.7 Å². The van der Waals surface area contributed by atoms with Crippen molar-refractivity contribution in [2.24, 2.45) is 5.92 Å². The van der Waals surface area contributed by atoms with Crippen LogP contribution in [0.3, 0.4) is 0 Å². The van der Waals surface area contributed by atoms with Crippen LogP contribution in [-0.4, -0.2) is 30.6 Å². The van der Waals surface area contributed by atoms with Crippen LogP contribution in [-0.2, 0) is 6.54 Å². The summed E-state index contributed by atoms with van der Waals surface area (Å²) in [5.74, 6) is 0.844. The lowest BCUT2D eigenvalue weighted by atomic mass is 9.90. The molecule has 0 saturated carbocycles. The molecule has 1 unspecified atom stereocenters. The normalized spacial score (nSPS) is 19.7. The van der Waals surface area contributed by atoms with E-state index in [0.717, 1.165) is 12.5 Å². The number of halogens is 1. The van der Waals surface area contributed by atoms with E-state index in [9.17, 15) is 0 Å². The van der Waals surface area contributed by atoms with E-state index in [4.69, 9.17) is 0 Å². The minimum atomic E-state index is 0.629. The maximum absolute atomic E-state index is 3.70. The van der Waals surface area contributed by atoms with E-state index in [2.05, 4.69) is 51.4 Å². The Kier molecular flexibility index (Phi) is 6.33. The van der Waals surface area contributed by atoms with Gasteiger partial charge in [0.25, 0.3) is 0 Å². The van der Waals surface area contributed by atoms with Gasteiger partial charge in [-0.2, -0.15) is 0 Å². The van der Waals surface area contributed by atoms with Crippen LogP contribution in [0, 0.1) is 5.92 Å². The molecule has 0 aromatic carbocycles. The maximum Gasteiger partial charge on any atom is 0.0302 e. The van der Waals surface area contributed by atoms with Crippen LogP contribution in [0.2, 0.25) is 0 Å². The highest BCUT2D eigenvalue weighted by atomic mass is 79.9. The fraction of sp³-hybridized carbons (Fsp3) is 0.733. The summed E-state index contributed by atoms with van der Waals surface area (Å²) in [5.41, 5.74) is 0. The summed E-state index contributed by atoms with van der Waals surface area (Å²) in [6.45, 7) is 9.48. The highest BCUT2D eigenvalue weighted by Gasteiger charge is 2.23. The monoisotopic (exact) mass is 344 g/mol. The summed E-state index contributed by atoms with van der Waals surface area (Å²) in [6.07, 6.45) is 3.98. The lowest BCUT2D eigenvalue weighted by Gasteiger charge is -2.35. The summed E-state index contributed by atoms with van der Waals surface area (Å²) >= 11 is 5.34. The molecular formula is C15H25BrN2S. The zero-order valence-corrected chi connectivity index (χ0v) is 14.4. The van der Waals surface area contributed by atoms with Gasteiger partial charge in [0.05, 0.1) is 0 Å². The molecule has 1 aromatic heterocycles. The van der Waals surface area contributed by atoms with Gasteiger partial charge in [0.1, 0.15) is 0 Å². The number of nitrogens with zero attached hydrogens (tertiary/aromatic N) is 1. The highest BCUT2D eigenvalue weighted by molar-refractivity contribution is 9.10. The first-order valence-electron chi connectivity index (χ1n) is 7.37. The molecular weight excluding hydrogens is 320 g/mol. The Hall–Kier alpha value is 0.1000. The lowest BCUT2D eigenvalue weighted by Crippen LogP contribution is -2.41.